The molecular formula is C15H14BrF3N2O3. The van der Waals surface area contributed by atoms with Crippen LogP contribution in [0.25, 0.3) is 5.69 Å². The molecular weight excluding hydrogens is 393 g/mol. The third kappa shape index (κ3) is 3.72. The molecule has 2 rings (SSSR count). The van der Waals surface area contributed by atoms with Crippen LogP contribution in [0.2, 0.25) is 0 Å². The highest BCUT2D eigenvalue weighted by Gasteiger charge is 2.26. The highest BCUT2D eigenvalue weighted by molar-refractivity contribution is 9.10. The van der Waals surface area contributed by atoms with E-state index in [2.05, 4.69) is 25.7 Å². The third-order valence-corrected chi connectivity index (χ3v) is 3.55. The first-order valence-corrected chi connectivity index (χ1v) is 7.87. The molecule has 0 N–H and O–H groups in total. The quantitative estimate of drug-likeness (QED) is 0.677. The Morgan fingerprint density at radius 3 is 2.67 bits per heavy atom. The number of imidazole rings is 1. The normalized spacial score (nSPS) is 11.0. The number of rotatable bonds is 6. The van der Waals surface area contributed by atoms with Crippen molar-refractivity contribution in [1.82, 2.24) is 9.55 Å². The van der Waals surface area contributed by atoms with Gasteiger partial charge in [-0.05, 0) is 25.1 Å². The predicted molar refractivity (Wildman–Crippen MR) is 83.2 cm³/mol. The smallest absolute Gasteiger partial charge is 0.387 e. The van der Waals surface area contributed by atoms with E-state index in [9.17, 15) is 18.0 Å². The molecule has 0 aliphatic rings. The number of carbonyl (C=O) groups is 1. The first-order valence-electron chi connectivity index (χ1n) is 7.07. The van der Waals surface area contributed by atoms with Crippen molar-refractivity contribution in [1.29, 1.82) is 0 Å². The highest BCUT2D eigenvalue weighted by Crippen LogP contribution is 2.31. The van der Waals surface area contributed by atoms with Crippen molar-refractivity contribution in [2.45, 2.75) is 26.9 Å². The van der Waals surface area contributed by atoms with Gasteiger partial charge in [0.1, 0.15) is 5.82 Å². The second kappa shape index (κ2) is 7.69. The number of alkyl halides is 2. The van der Waals surface area contributed by atoms with E-state index in [0.29, 0.717) is 4.47 Å². The fraction of sp³-hybridized carbons (Fsp3) is 0.333. The van der Waals surface area contributed by atoms with Crippen LogP contribution in [0, 0.1) is 5.95 Å². The molecule has 24 heavy (non-hydrogen) atoms. The molecule has 9 heteroatoms. The zero-order valence-corrected chi connectivity index (χ0v) is 14.4. The molecule has 0 saturated heterocycles. The first kappa shape index (κ1) is 18.3. The Morgan fingerprint density at radius 1 is 1.38 bits per heavy atom. The van der Waals surface area contributed by atoms with Crippen molar-refractivity contribution in [2.24, 2.45) is 0 Å². The third-order valence-electron chi connectivity index (χ3n) is 3.05. The van der Waals surface area contributed by atoms with E-state index >= 15 is 0 Å². The summed E-state index contributed by atoms with van der Waals surface area (Å²) in [6, 6.07) is 4.21. The summed E-state index contributed by atoms with van der Waals surface area (Å²) in [6.07, 6.45) is 0.264. The summed E-state index contributed by atoms with van der Waals surface area (Å²) in [5, 5.41) is 0. The van der Waals surface area contributed by atoms with E-state index in [1.807, 2.05) is 0 Å². The number of ether oxygens (including phenoxy) is 2. The molecule has 130 valence electrons. The maximum atomic E-state index is 14.7. The molecule has 0 amide bonds. The van der Waals surface area contributed by atoms with Gasteiger partial charge in [-0.1, -0.05) is 22.9 Å². The Kier molecular flexibility index (Phi) is 5.87. The molecule has 0 radical (unpaired) electrons. The lowest BCUT2D eigenvalue weighted by Gasteiger charge is -2.14. The number of hydrogen-bond acceptors (Lipinski definition) is 4. The van der Waals surface area contributed by atoms with E-state index in [1.165, 1.54) is 18.2 Å². The monoisotopic (exact) mass is 406 g/mol. The number of aromatic nitrogens is 2. The van der Waals surface area contributed by atoms with Crippen molar-refractivity contribution in [3.05, 3.63) is 40.1 Å². The fourth-order valence-electron chi connectivity index (χ4n) is 2.12. The lowest BCUT2D eigenvalue weighted by atomic mass is 10.2. The summed E-state index contributed by atoms with van der Waals surface area (Å²) in [5.74, 6) is -1.98. The second-order valence-corrected chi connectivity index (χ2v) is 5.48. The van der Waals surface area contributed by atoms with Gasteiger partial charge in [-0.15, -0.1) is 0 Å². The van der Waals surface area contributed by atoms with E-state index in [-0.39, 0.29) is 30.3 Å². The van der Waals surface area contributed by atoms with Crippen LogP contribution < -0.4 is 4.74 Å². The van der Waals surface area contributed by atoms with Gasteiger partial charge >= 0.3 is 12.6 Å². The summed E-state index contributed by atoms with van der Waals surface area (Å²) in [6.45, 7) is 0.250. The van der Waals surface area contributed by atoms with Gasteiger partial charge in [-0.2, -0.15) is 13.2 Å². The molecule has 0 unspecified atom stereocenters. The molecule has 5 nitrogen and oxygen atoms in total. The van der Waals surface area contributed by atoms with Gasteiger partial charge in [-0.3, -0.25) is 4.57 Å². The van der Waals surface area contributed by atoms with E-state index in [1.54, 1.807) is 13.8 Å². The summed E-state index contributed by atoms with van der Waals surface area (Å²) >= 11 is 3.14. The van der Waals surface area contributed by atoms with Gasteiger partial charge < -0.3 is 9.47 Å². The standard InChI is InChI=1S/C15H14BrF3N2O3/c1-3-11-20-12(14(22)23-4-2)13(17)21(11)9-6-5-8(16)7-10(9)24-15(18)19/h5-7,15H,3-4H2,1-2H3. The molecule has 0 aliphatic heterocycles. The van der Waals surface area contributed by atoms with Crippen molar-refractivity contribution in [3.63, 3.8) is 0 Å². The van der Waals surface area contributed by atoms with Crippen molar-refractivity contribution in [2.75, 3.05) is 6.61 Å². The molecule has 0 aliphatic carbocycles. The van der Waals surface area contributed by atoms with Crippen LogP contribution in [0.3, 0.4) is 0 Å². The van der Waals surface area contributed by atoms with Gasteiger partial charge in [-0.25, -0.2) is 9.78 Å². The molecule has 0 saturated carbocycles. The molecule has 2 aromatic rings. The van der Waals surface area contributed by atoms with Gasteiger partial charge in [0, 0.05) is 10.9 Å². The minimum absolute atomic E-state index is 0.0101. The van der Waals surface area contributed by atoms with Gasteiger partial charge in [0.15, 0.2) is 5.75 Å². The van der Waals surface area contributed by atoms with Crippen LogP contribution in [0.1, 0.15) is 30.2 Å². The van der Waals surface area contributed by atoms with Crippen LogP contribution in [0.5, 0.6) is 5.75 Å². The van der Waals surface area contributed by atoms with Crippen molar-refractivity contribution in [3.8, 4) is 11.4 Å². The maximum Gasteiger partial charge on any atom is 0.387 e. The number of hydrogen-bond donors (Lipinski definition) is 0. The highest BCUT2D eigenvalue weighted by atomic mass is 79.9. The number of carbonyl (C=O) groups excluding carboxylic acids is 1. The minimum atomic E-state index is -3.08. The minimum Gasteiger partial charge on any atom is -0.461 e. The molecule has 0 atom stereocenters. The van der Waals surface area contributed by atoms with Crippen LogP contribution in [0.4, 0.5) is 13.2 Å². The number of esters is 1. The average molecular weight is 407 g/mol. The second-order valence-electron chi connectivity index (χ2n) is 4.57. The lowest BCUT2D eigenvalue weighted by molar-refractivity contribution is -0.0499. The van der Waals surface area contributed by atoms with Gasteiger partial charge in [0.05, 0.1) is 12.3 Å². The Bertz CT molecular complexity index is 750. The molecule has 0 spiro atoms. The predicted octanol–water partition coefficient (Wildman–Crippen LogP) is 4.11. The zero-order valence-electron chi connectivity index (χ0n) is 12.9. The van der Waals surface area contributed by atoms with Crippen LogP contribution >= 0.6 is 15.9 Å². The van der Waals surface area contributed by atoms with E-state index < -0.39 is 24.2 Å². The molecule has 0 bridgehead atoms. The topological polar surface area (TPSA) is 53.3 Å². The number of aryl methyl sites for hydroxylation is 1. The van der Waals surface area contributed by atoms with Crippen molar-refractivity contribution >= 4 is 21.9 Å². The summed E-state index contributed by atoms with van der Waals surface area (Å²) in [5.41, 5.74) is -0.490. The Balaban J connectivity index is 2.62. The fourth-order valence-corrected chi connectivity index (χ4v) is 2.46. The van der Waals surface area contributed by atoms with Crippen LogP contribution in [0.15, 0.2) is 22.7 Å². The summed E-state index contributed by atoms with van der Waals surface area (Å²) < 4.78 is 50.6. The molecule has 0 fully saturated rings. The van der Waals surface area contributed by atoms with Crippen LogP contribution in [-0.4, -0.2) is 28.7 Å². The lowest BCUT2D eigenvalue weighted by Crippen LogP contribution is -2.10. The number of halogens is 4. The van der Waals surface area contributed by atoms with Gasteiger partial charge in [0.2, 0.25) is 11.6 Å². The average Bonchev–Trinajstić information content (AvgIpc) is 2.84. The molecule has 1 aromatic heterocycles. The maximum absolute atomic E-state index is 14.7. The van der Waals surface area contributed by atoms with E-state index in [0.717, 1.165) is 4.57 Å². The summed E-state index contributed by atoms with van der Waals surface area (Å²) in [7, 11) is 0. The number of nitrogens with zero attached hydrogens (tertiary/aromatic N) is 2. The molecule has 1 heterocycles. The van der Waals surface area contributed by atoms with Gasteiger partial charge in [0.25, 0.3) is 0 Å². The Hall–Kier alpha value is -2.03. The SMILES string of the molecule is CCOC(=O)c1nc(CC)n(-c2ccc(Br)cc2OC(F)F)c1F. The summed E-state index contributed by atoms with van der Waals surface area (Å²) in [4.78, 5) is 15.7. The first-order chi connectivity index (χ1) is 11.4. The molecule has 1 aromatic carbocycles. The van der Waals surface area contributed by atoms with Crippen molar-refractivity contribution < 1.29 is 27.4 Å². The number of benzene rings is 1. The Morgan fingerprint density at radius 2 is 2.08 bits per heavy atom. The largest absolute Gasteiger partial charge is 0.461 e. The van der Waals surface area contributed by atoms with Crippen LogP contribution in [-0.2, 0) is 11.2 Å². The zero-order chi connectivity index (χ0) is 17.9. The van der Waals surface area contributed by atoms with E-state index in [4.69, 9.17) is 4.74 Å². The Labute approximate surface area is 144 Å².